The number of halogens is 1. The Morgan fingerprint density at radius 1 is 1.17 bits per heavy atom. The van der Waals surface area contributed by atoms with E-state index in [2.05, 4.69) is 9.97 Å². The lowest BCUT2D eigenvalue weighted by atomic mass is 10.2. The van der Waals surface area contributed by atoms with Crippen molar-refractivity contribution in [3.8, 4) is 0 Å². The van der Waals surface area contributed by atoms with E-state index >= 15 is 0 Å². The summed E-state index contributed by atoms with van der Waals surface area (Å²) in [5.41, 5.74) is 2.66. The van der Waals surface area contributed by atoms with Crippen molar-refractivity contribution in [3.05, 3.63) is 46.7 Å². The molecule has 1 heterocycles. The first kappa shape index (κ1) is 17.8. The van der Waals surface area contributed by atoms with E-state index in [1.807, 2.05) is 45.9 Å². The minimum atomic E-state index is 0.0232. The van der Waals surface area contributed by atoms with Crippen molar-refractivity contribution < 1.29 is 4.79 Å². The zero-order valence-electron chi connectivity index (χ0n) is 13.7. The monoisotopic (exact) mass is 349 g/mol. The van der Waals surface area contributed by atoms with Crippen LogP contribution in [0.5, 0.6) is 0 Å². The molecule has 0 atom stereocenters. The Morgan fingerprint density at radius 2 is 1.74 bits per heavy atom. The molecule has 122 valence electrons. The molecule has 0 N–H and O–H groups in total. The van der Waals surface area contributed by atoms with Gasteiger partial charge in [0.25, 0.3) is 0 Å². The fourth-order valence-electron chi connectivity index (χ4n) is 2.29. The minimum absolute atomic E-state index is 0.0232. The molecule has 6 heteroatoms. The van der Waals surface area contributed by atoms with E-state index < -0.39 is 0 Å². The molecule has 2 rings (SSSR count). The highest BCUT2D eigenvalue weighted by Gasteiger charge is 2.19. The van der Waals surface area contributed by atoms with Crippen LogP contribution in [-0.2, 0) is 4.79 Å². The van der Waals surface area contributed by atoms with Crippen LogP contribution in [0.3, 0.4) is 0 Å². The number of nitrogens with zero attached hydrogens (tertiary/aromatic N) is 3. The average molecular weight is 350 g/mol. The highest BCUT2D eigenvalue weighted by Crippen LogP contribution is 2.22. The van der Waals surface area contributed by atoms with Crippen LogP contribution >= 0.6 is 23.4 Å². The Morgan fingerprint density at radius 3 is 2.26 bits per heavy atom. The number of carbonyl (C=O) groups excluding carboxylic acids is 1. The first-order valence-corrected chi connectivity index (χ1v) is 8.76. The van der Waals surface area contributed by atoms with Gasteiger partial charge in [-0.15, -0.1) is 0 Å². The largest absolute Gasteiger partial charge is 0.309 e. The molecule has 0 fully saturated rings. The summed E-state index contributed by atoms with van der Waals surface area (Å²) in [5.74, 6) is 0.319. The number of anilines is 1. The molecular formula is C17H20ClN3OS. The SMILES string of the molecule is Cc1cc(C)nc(SCC(=O)N(c2ccc(Cl)cc2)C(C)C)n1. The van der Waals surface area contributed by atoms with Gasteiger partial charge in [0.1, 0.15) is 0 Å². The molecule has 1 amide bonds. The normalized spacial score (nSPS) is 10.9. The molecule has 0 radical (unpaired) electrons. The molecule has 23 heavy (non-hydrogen) atoms. The third-order valence-electron chi connectivity index (χ3n) is 3.18. The predicted octanol–water partition coefficient (Wildman–Crippen LogP) is 4.28. The standard InChI is InChI=1S/C17H20ClN3OS/c1-11(2)21(15-7-5-14(18)6-8-15)16(22)10-23-17-19-12(3)9-13(4)20-17/h5-9,11H,10H2,1-4H3. The van der Waals surface area contributed by atoms with Crippen molar-refractivity contribution >= 4 is 35.0 Å². The zero-order chi connectivity index (χ0) is 17.0. The van der Waals surface area contributed by atoms with Gasteiger partial charge in [0.15, 0.2) is 5.16 Å². The van der Waals surface area contributed by atoms with Crippen molar-refractivity contribution in [1.82, 2.24) is 9.97 Å². The quantitative estimate of drug-likeness (QED) is 0.597. The van der Waals surface area contributed by atoms with Crippen LogP contribution in [-0.4, -0.2) is 27.7 Å². The molecule has 0 aliphatic carbocycles. The van der Waals surface area contributed by atoms with E-state index in [1.54, 1.807) is 17.0 Å². The van der Waals surface area contributed by atoms with E-state index in [0.717, 1.165) is 17.1 Å². The molecule has 0 aliphatic rings. The average Bonchev–Trinajstić information content (AvgIpc) is 2.46. The van der Waals surface area contributed by atoms with Crippen LogP contribution in [0.15, 0.2) is 35.5 Å². The van der Waals surface area contributed by atoms with Crippen LogP contribution in [0.2, 0.25) is 5.02 Å². The summed E-state index contributed by atoms with van der Waals surface area (Å²) in [7, 11) is 0. The molecular weight excluding hydrogens is 330 g/mol. The van der Waals surface area contributed by atoms with Crippen LogP contribution in [0.4, 0.5) is 5.69 Å². The molecule has 1 aromatic carbocycles. The van der Waals surface area contributed by atoms with Crippen LogP contribution < -0.4 is 4.90 Å². The first-order valence-electron chi connectivity index (χ1n) is 7.39. The number of rotatable bonds is 5. The van der Waals surface area contributed by atoms with Crippen LogP contribution in [0, 0.1) is 13.8 Å². The second-order valence-electron chi connectivity index (χ2n) is 5.56. The van der Waals surface area contributed by atoms with Gasteiger partial charge < -0.3 is 4.90 Å². The number of amides is 1. The van der Waals surface area contributed by atoms with Gasteiger partial charge in [-0.1, -0.05) is 23.4 Å². The van der Waals surface area contributed by atoms with Crippen molar-refractivity contribution in [2.75, 3.05) is 10.7 Å². The van der Waals surface area contributed by atoms with Gasteiger partial charge >= 0.3 is 0 Å². The Hall–Kier alpha value is -1.59. The van der Waals surface area contributed by atoms with Crippen LogP contribution in [0.1, 0.15) is 25.2 Å². The second kappa shape index (κ2) is 7.79. The van der Waals surface area contributed by atoms with Crippen molar-refractivity contribution in [2.45, 2.75) is 38.9 Å². The molecule has 0 bridgehead atoms. The zero-order valence-corrected chi connectivity index (χ0v) is 15.3. The number of hydrogen-bond acceptors (Lipinski definition) is 4. The van der Waals surface area contributed by atoms with E-state index in [4.69, 9.17) is 11.6 Å². The Kier molecular flexibility index (Phi) is 6.02. The Labute approximate surface area is 146 Å². The van der Waals surface area contributed by atoms with Gasteiger partial charge in [-0.3, -0.25) is 4.79 Å². The number of aryl methyl sites for hydroxylation is 2. The van der Waals surface area contributed by atoms with Crippen molar-refractivity contribution in [2.24, 2.45) is 0 Å². The van der Waals surface area contributed by atoms with Gasteiger partial charge in [0.05, 0.1) is 5.75 Å². The number of thioether (sulfide) groups is 1. The maximum atomic E-state index is 12.6. The summed E-state index contributed by atoms with van der Waals surface area (Å²) in [6.07, 6.45) is 0. The molecule has 0 saturated heterocycles. The molecule has 1 aromatic heterocycles. The summed E-state index contributed by atoms with van der Waals surface area (Å²) in [5, 5.41) is 1.29. The maximum absolute atomic E-state index is 12.6. The van der Waals surface area contributed by atoms with Gasteiger partial charge in [-0.05, 0) is 58.0 Å². The topological polar surface area (TPSA) is 46.1 Å². The minimum Gasteiger partial charge on any atom is -0.309 e. The number of benzene rings is 1. The molecule has 0 spiro atoms. The third kappa shape index (κ3) is 4.94. The second-order valence-corrected chi connectivity index (χ2v) is 6.93. The molecule has 4 nitrogen and oxygen atoms in total. The molecule has 0 saturated carbocycles. The number of hydrogen-bond donors (Lipinski definition) is 0. The van der Waals surface area contributed by atoms with Crippen molar-refractivity contribution in [1.29, 1.82) is 0 Å². The van der Waals surface area contributed by atoms with E-state index in [1.165, 1.54) is 11.8 Å². The fourth-order valence-corrected chi connectivity index (χ4v) is 3.22. The Bertz CT molecular complexity index is 668. The lowest BCUT2D eigenvalue weighted by Gasteiger charge is -2.26. The number of carbonyl (C=O) groups is 1. The van der Waals surface area contributed by atoms with Gasteiger partial charge in [0, 0.05) is 28.1 Å². The lowest BCUT2D eigenvalue weighted by Crippen LogP contribution is -2.38. The van der Waals surface area contributed by atoms with E-state index in [9.17, 15) is 4.79 Å². The number of aromatic nitrogens is 2. The van der Waals surface area contributed by atoms with Gasteiger partial charge in [0.2, 0.25) is 5.91 Å². The predicted molar refractivity (Wildman–Crippen MR) is 96.3 cm³/mol. The third-order valence-corrected chi connectivity index (χ3v) is 4.26. The smallest absolute Gasteiger partial charge is 0.237 e. The fraction of sp³-hybridized carbons (Fsp3) is 0.353. The summed E-state index contributed by atoms with van der Waals surface area (Å²) in [6, 6.07) is 9.28. The van der Waals surface area contributed by atoms with Crippen molar-refractivity contribution in [3.63, 3.8) is 0 Å². The molecule has 2 aromatic rings. The Balaban J connectivity index is 2.11. The molecule has 0 aliphatic heterocycles. The highest BCUT2D eigenvalue weighted by atomic mass is 35.5. The summed E-state index contributed by atoms with van der Waals surface area (Å²) in [6.45, 7) is 7.83. The highest BCUT2D eigenvalue weighted by molar-refractivity contribution is 7.99. The summed E-state index contributed by atoms with van der Waals surface area (Å²) in [4.78, 5) is 23.1. The first-order chi connectivity index (χ1) is 10.9. The van der Waals surface area contributed by atoms with Gasteiger partial charge in [-0.2, -0.15) is 0 Å². The van der Waals surface area contributed by atoms with E-state index in [0.29, 0.717) is 15.9 Å². The maximum Gasteiger partial charge on any atom is 0.237 e. The molecule has 0 unspecified atom stereocenters. The van der Waals surface area contributed by atoms with Crippen LogP contribution in [0.25, 0.3) is 0 Å². The van der Waals surface area contributed by atoms with Gasteiger partial charge in [-0.25, -0.2) is 9.97 Å². The summed E-state index contributed by atoms with van der Waals surface area (Å²) < 4.78 is 0. The summed E-state index contributed by atoms with van der Waals surface area (Å²) >= 11 is 7.28. The lowest BCUT2D eigenvalue weighted by molar-refractivity contribution is -0.116. The van der Waals surface area contributed by atoms with E-state index in [-0.39, 0.29) is 11.9 Å².